The number of anilines is 1. The number of hydrogen-bond donors (Lipinski definition) is 1. The maximum absolute atomic E-state index is 12.7. The number of carboxylic acid groups (broad SMARTS) is 1. The zero-order valence-electron chi connectivity index (χ0n) is 13.5. The quantitative estimate of drug-likeness (QED) is 0.868. The Balaban J connectivity index is 1.76. The monoisotopic (exact) mass is 312 g/mol. The normalized spacial score (nSPS) is 28.8. The lowest BCUT2D eigenvalue weighted by atomic mass is 9.62. The van der Waals surface area contributed by atoms with E-state index >= 15 is 0 Å². The second kappa shape index (κ2) is 6.19. The zero-order valence-corrected chi connectivity index (χ0v) is 13.5. The van der Waals surface area contributed by atoms with E-state index in [2.05, 4.69) is 19.2 Å². The highest BCUT2D eigenvalue weighted by Gasteiger charge is 2.45. The molecule has 122 valence electrons. The van der Waals surface area contributed by atoms with Gasteiger partial charge in [-0.3, -0.25) is 4.79 Å². The van der Waals surface area contributed by atoms with E-state index in [-0.39, 0.29) is 17.7 Å². The number of carbonyl (C=O) groups excluding carboxylic acids is 2. The van der Waals surface area contributed by atoms with Gasteiger partial charge in [0.05, 0.1) is 5.92 Å². The van der Waals surface area contributed by atoms with Gasteiger partial charge >= 0.3 is 0 Å². The van der Waals surface area contributed by atoms with Gasteiger partial charge in [0, 0.05) is 17.6 Å². The van der Waals surface area contributed by atoms with Crippen LogP contribution in [0, 0.1) is 23.7 Å². The summed E-state index contributed by atoms with van der Waals surface area (Å²) in [5.41, 5.74) is 1.91. The summed E-state index contributed by atoms with van der Waals surface area (Å²) in [5.74, 6) is -2.22. The minimum atomic E-state index is -1.11. The summed E-state index contributed by atoms with van der Waals surface area (Å²) in [6.45, 7) is 4.23. The van der Waals surface area contributed by atoms with Crippen LogP contribution in [0.4, 0.5) is 5.69 Å². The third kappa shape index (κ3) is 3.03. The summed E-state index contributed by atoms with van der Waals surface area (Å²) < 4.78 is 0. The predicted octanol–water partition coefficient (Wildman–Crippen LogP) is 2.33. The van der Waals surface area contributed by atoms with Crippen molar-refractivity contribution in [1.29, 1.82) is 0 Å². The summed E-state index contributed by atoms with van der Waals surface area (Å²) in [4.78, 5) is 24.2. The molecule has 1 fully saturated rings. The molecule has 0 radical (unpaired) electrons. The Morgan fingerprint density at radius 3 is 2.09 bits per heavy atom. The first-order chi connectivity index (χ1) is 11.0. The molecule has 3 aliphatic carbocycles. The van der Waals surface area contributed by atoms with Gasteiger partial charge < -0.3 is 15.2 Å². The molecule has 23 heavy (non-hydrogen) atoms. The fourth-order valence-electron chi connectivity index (χ4n) is 3.85. The van der Waals surface area contributed by atoms with Crippen molar-refractivity contribution in [2.45, 2.75) is 32.6 Å². The zero-order chi connectivity index (χ0) is 16.6. The van der Waals surface area contributed by atoms with Crippen molar-refractivity contribution < 1.29 is 14.7 Å². The maximum atomic E-state index is 12.7. The molecular formula is C19H22NO3-. The van der Waals surface area contributed by atoms with Crippen LogP contribution in [0.1, 0.15) is 38.2 Å². The fraction of sp³-hybridized carbons (Fsp3) is 0.474. The highest BCUT2D eigenvalue weighted by atomic mass is 16.4. The summed E-state index contributed by atoms with van der Waals surface area (Å²) in [6.07, 6.45) is 5.64. The van der Waals surface area contributed by atoms with E-state index in [0.717, 1.165) is 12.8 Å². The maximum Gasteiger partial charge on any atom is 0.228 e. The van der Waals surface area contributed by atoms with Gasteiger partial charge in [-0.1, -0.05) is 38.1 Å². The number of rotatable bonds is 4. The van der Waals surface area contributed by atoms with Crippen molar-refractivity contribution in [2.24, 2.45) is 23.7 Å². The Labute approximate surface area is 136 Å². The average Bonchev–Trinajstić information content (AvgIpc) is 2.55. The molecule has 0 aliphatic heterocycles. The number of hydrogen-bond acceptors (Lipinski definition) is 3. The second-order valence-corrected chi connectivity index (χ2v) is 6.93. The van der Waals surface area contributed by atoms with Gasteiger partial charge in [0.15, 0.2) is 0 Å². The molecule has 0 aromatic heterocycles. The molecule has 0 spiro atoms. The van der Waals surface area contributed by atoms with E-state index in [0.29, 0.717) is 11.6 Å². The molecule has 0 unspecified atom stereocenters. The number of carbonyl (C=O) groups is 2. The van der Waals surface area contributed by atoms with Crippen LogP contribution in [0.25, 0.3) is 0 Å². The molecule has 1 saturated carbocycles. The first kappa shape index (κ1) is 15.8. The predicted molar refractivity (Wildman–Crippen MR) is 86.5 cm³/mol. The topological polar surface area (TPSA) is 69.2 Å². The van der Waals surface area contributed by atoms with Gasteiger partial charge in [0.1, 0.15) is 0 Å². The van der Waals surface area contributed by atoms with Gasteiger partial charge in [-0.15, -0.1) is 0 Å². The number of carboxylic acids is 1. The molecule has 1 aromatic carbocycles. The van der Waals surface area contributed by atoms with Gasteiger partial charge in [0.2, 0.25) is 5.91 Å². The lowest BCUT2D eigenvalue weighted by Gasteiger charge is -2.44. The highest BCUT2D eigenvalue weighted by Crippen LogP contribution is 2.45. The van der Waals surface area contributed by atoms with Gasteiger partial charge in [0.25, 0.3) is 0 Å². The number of amides is 1. The number of fused-ring (bicyclic) bond motifs is 2. The Morgan fingerprint density at radius 1 is 1.04 bits per heavy atom. The molecule has 1 N–H and O–H groups in total. The summed E-state index contributed by atoms with van der Waals surface area (Å²) in [5, 5.41) is 14.4. The molecule has 1 amide bonds. The smallest absolute Gasteiger partial charge is 0.228 e. The van der Waals surface area contributed by atoms with Gasteiger partial charge in [-0.05, 0) is 48.3 Å². The van der Waals surface area contributed by atoms with Gasteiger partial charge in [-0.2, -0.15) is 0 Å². The molecule has 4 nitrogen and oxygen atoms in total. The van der Waals surface area contributed by atoms with E-state index in [9.17, 15) is 14.7 Å². The highest BCUT2D eigenvalue weighted by molar-refractivity contribution is 5.95. The Morgan fingerprint density at radius 2 is 1.61 bits per heavy atom. The molecule has 0 saturated heterocycles. The largest absolute Gasteiger partial charge is 0.550 e. The van der Waals surface area contributed by atoms with Crippen molar-refractivity contribution in [2.75, 3.05) is 5.32 Å². The first-order valence-corrected chi connectivity index (χ1v) is 8.27. The number of aliphatic carboxylic acids is 1. The SMILES string of the molecule is CC(C)c1ccc(NC(=O)[C@@H]2[C@@H](C(=O)[O-])[C@H]3C=C[C@@H]2CC3)cc1. The van der Waals surface area contributed by atoms with E-state index < -0.39 is 17.8 Å². The average molecular weight is 312 g/mol. The van der Waals surface area contributed by atoms with Gasteiger partial charge in [-0.25, -0.2) is 0 Å². The van der Waals surface area contributed by atoms with E-state index in [1.807, 2.05) is 36.4 Å². The molecule has 2 bridgehead atoms. The van der Waals surface area contributed by atoms with Crippen LogP contribution in [-0.2, 0) is 9.59 Å². The lowest BCUT2D eigenvalue weighted by Crippen LogP contribution is -2.51. The first-order valence-electron chi connectivity index (χ1n) is 8.27. The molecule has 4 rings (SSSR count). The molecule has 4 heteroatoms. The number of allylic oxidation sites excluding steroid dienone is 2. The van der Waals surface area contributed by atoms with Crippen molar-refractivity contribution >= 4 is 17.6 Å². The second-order valence-electron chi connectivity index (χ2n) is 6.93. The van der Waals surface area contributed by atoms with Crippen LogP contribution < -0.4 is 10.4 Å². The van der Waals surface area contributed by atoms with Crippen molar-refractivity contribution in [1.82, 2.24) is 0 Å². The van der Waals surface area contributed by atoms with E-state index in [1.54, 1.807) is 0 Å². The van der Waals surface area contributed by atoms with Crippen LogP contribution in [0.15, 0.2) is 36.4 Å². The van der Waals surface area contributed by atoms with Crippen LogP contribution >= 0.6 is 0 Å². The Bertz CT molecular complexity index is 633. The lowest BCUT2D eigenvalue weighted by molar-refractivity contribution is -0.316. The van der Waals surface area contributed by atoms with E-state index in [4.69, 9.17) is 0 Å². The number of benzene rings is 1. The minimum Gasteiger partial charge on any atom is -0.550 e. The molecule has 4 atom stereocenters. The molecule has 3 aliphatic rings. The molecule has 0 heterocycles. The minimum absolute atomic E-state index is 0.00200. The third-order valence-electron chi connectivity index (χ3n) is 5.17. The summed E-state index contributed by atoms with van der Waals surface area (Å²) >= 11 is 0. The van der Waals surface area contributed by atoms with Crippen molar-refractivity contribution in [3.05, 3.63) is 42.0 Å². The van der Waals surface area contributed by atoms with Crippen LogP contribution in [0.2, 0.25) is 0 Å². The molecular weight excluding hydrogens is 290 g/mol. The Hall–Kier alpha value is -2.10. The van der Waals surface area contributed by atoms with Crippen molar-refractivity contribution in [3.63, 3.8) is 0 Å². The Kier molecular flexibility index (Phi) is 4.24. The van der Waals surface area contributed by atoms with Crippen molar-refractivity contribution in [3.8, 4) is 0 Å². The molecule has 1 aromatic rings. The number of nitrogens with one attached hydrogen (secondary N) is 1. The summed E-state index contributed by atoms with van der Waals surface area (Å²) in [7, 11) is 0. The fourth-order valence-corrected chi connectivity index (χ4v) is 3.85. The third-order valence-corrected chi connectivity index (χ3v) is 5.17. The van der Waals surface area contributed by atoms with Crippen LogP contribution in [-0.4, -0.2) is 11.9 Å². The van der Waals surface area contributed by atoms with Crippen LogP contribution in [0.3, 0.4) is 0 Å². The standard InChI is InChI=1S/C19H23NO3/c1-11(2)12-7-9-15(10-8-12)20-18(21)16-13-3-5-14(6-4-13)17(16)19(22)23/h3,5,7-11,13-14,16-17H,4,6H2,1-2H3,(H,20,21)(H,22,23)/p-1/t13-,14+,16+,17+/m1/s1. The van der Waals surface area contributed by atoms with E-state index in [1.165, 1.54) is 5.56 Å². The van der Waals surface area contributed by atoms with Crippen LogP contribution in [0.5, 0.6) is 0 Å². The summed E-state index contributed by atoms with van der Waals surface area (Å²) in [6, 6.07) is 7.73.